The molecule has 0 spiro atoms. The first-order valence-electron chi connectivity index (χ1n) is 15.5. The van der Waals surface area contributed by atoms with Gasteiger partial charge in [-0.3, -0.25) is 14.5 Å². The van der Waals surface area contributed by atoms with Crippen molar-refractivity contribution in [2.24, 2.45) is 5.16 Å². The number of hydrogen-bond donors (Lipinski definition) is 2. The number of carbonyl (C=O) groups excluding carboxylic acids is 4. The largest absolute Gasteiger partial charge is 0.511 e. The van der Waals surface area contributed by atoms with Gasteiger partial charge in [0.05, 0.1) is 0 Å². The van der Waals surface area contributed by atoms with Crippen molar-refractivity contribution in [1.29, 1.82) is 0 Å². The van der Waals surface area contributed by atoms with Gasteiger partial charge in [-0.1, -0.05) is 11.6 Å². The number of nitrogen functional groups attached to an aromatic ring is 1. The standard InChI is InChI=1S/C30H40N6O8S3/c1-17(43-30(40)44-19-7-5-4-6-8-19)42-28(39)24-18(11-14-45-20-9-12-35(2)13-10-20)15-46-27-23(26(38)36(24)27)33-25(37)22(34-41-3)21-16-47-29(31)32-21/h11,14,16-17,19-20,23,27H,4-10,12-13,15H2,1-3H3,(H2,31,32)(H,33,37)/b14-11+,34-22?/t17?,23-,27-/m1/s1. The molecule has 1 aromatic heterocycles. The first kappa shape index (κ1) is 35.0. The van der Waals surface area contributed by atoms with Gasteiger partial charge in [0.15, 0.2) is 10.8 Å². The number of allylic oxidation sites excluding steroid dienone is 1. The number of nitrogens with one attached hydrogen (secondary N) is 1. The molecule has 256 valence electrons. The lowest BCUT2D eigenvalue weighted by atomic mass is 9.98. The fraction of sp³-hybridized carbons (Fsp3) is 0.600. The summed E-state index contributed by atoms with van der Waals surface area (Å²) in [5, 5.41) is 10.1. The molecule has 1 unspecified atom stereocenters. The number of likely N-dealkylation sites (tertiary alicyclic amines) is 1. The van der Waals surface area contributed by atoms with Crippen LogP contribution in [0.2, 0.25) is 0 Å². The number of β-lactam (4-membered cyclic amide) rings is 1. The molecule has 1 aromatic rings. The Bertz CT molecular complexity index is 1420. The Morgan fingerprint density at radius 2 is 1.91 bits per heavy atom. The van der Waals surface area contributed by atoms with Gasteiger partial charge in [0.25, 0.3) is 11.8 Å². The molecule has 3 fully saturated rings. The molecule has 4 aliphatic rings. The molecule has 1 aliphatic carbocycles. The predicted molar refractivity (Wildman–Crippen MR) is 179 cm³/mol. The number of carbonyl (C=O) groups is 4. The van der Waals surface area contributed by atoms with Crippen molar-refractivity contribution >= 4 is 69.6 Å². The number of anilines is 1. The third-order valence-corrected chi connectivity index (χ3v) is 11.3. The third kappa shape index (κ3) is 8.80. The summed E-state index contributed by atoms with van der Waals surface area (Å²) in [7, 11) is 3.40. The summed E-state index contributed by atoms with van der Waals surface area (Å²) >= 11 is 4.23. The van der Waals surface area contributed by atoms with Crippen molar-refractivity contribution in [2.45, 2.75) is 80.9 Å². The van der Waals surface area contributed by atoms with Gasteiger partial charge < -0.3 is 35.0 Å². The van der Waals surface area contributed by atoms with Gasteiger partial charge in [0.2, 0.25) is 6.29 Å². The first-order chi connectivity index (χ1) is 22.6. The Morgan fingerprint density at radius 3 is 2.60 bits per heavy atom. The van der Waals surface area contributed by atoms with E-state index >= 15 is 0 Å². The van der Waals surface area contributed by atoms with E-state index in [1.165, 1.54) is 30.7 Å². The quantitative estimate of drug-likeness (QED) is 0.113. The lowest BCUT2D eigenvalue weighted by molar-refractivity contribution is -0.169. The van der Waals surface area contributed by atoms with Crippen molar-refractivity contribution in [3.05, 3.63) is 33.8 Å². The number of fused-ring (bicyclic) bond motifs is 1. The second-order valence-corrected chi connectivity index (χ2v) is 14.8. The van der Waals surface area contributed by atoms with Crippen molar-refractivity contribution < 1.29 is 38.2 Å². The minimum absolute atomic E-state index is 0.0404. The van der Waals surface area contributed by atoms with Gasteiger partial charge in [-0.25, -0.2) is 14.6 Å². The highest BCUT2D eigenvalue weighted by Gasteiger charge is 2.54. The summed E-state index contributed by atoms with van der Waals surface area (Å²) in [6, 6.07) is -0.952. The van der Waals surface area contributed by atoms with Crippen LogP contribution in [-0.2, 0) is 33.4 Å². The van der Waals surface area contributed by atoms with Gasteiger partial charge in [-0.15, -0.1) is 34.9 Å². The van der Waals surface area contributed by atoms with E-state index in [9.17, 15) is 19.2 Å². The van der Waals surface area contributed by atoms with Crippen LogP contribution in [0.4, 0.5) is 9.93 Å². The second-order valence-electron chi connectivity index (χ2n) is 11.6. The maximum atomic E-state index is 13.6. The highest BCUT2D eigenvalue weighted by molar-refractivity contribution is 8.02. The highest BCUT2D eigenvalue weighted by Crippen LogP contribution is 2.41. The fourth-order valence-electron chi connectivity index (χ4n) is 5.73. The van der Waals surface area contributed by atoms with Gasteiger partial charge in [-0.2, -0.15) is 0 Å². The van der Waals surface area contributed by atoms with Gasteiger partial charge in [-0.05, 0) is 75.7 Å². The molecule has 0 radical (unpaired) electrons. The van der Waals surface area contributed by atoms with E-state index in [2.05, 4.69) is 27.4 Å². The van der Waals surface area contributed by atoms with Crippen LogP contribution in [0.25, 0.3) is 0 Å². The van der Waals surface area contributed by atoms with Crippen LogP contribution in [0, 0.1) is 0 Å². The average molecular weight is 709 g/mol. The number of amides is 2. The normalized spacial score (nSPS) is 23.6. The SMILES string of the molecule is CON=C(C(=O)N[C@@H]1C(=O)N2C(C(=O)OC(C)OC(=O)OC3CCCCC3)=C(/C=C/SC3CCN(C)CC3)CS[C@H]12)c1csc(N)n1. The van der Waals surface area contributed by atoms with E-state index in [-0.39, 0.29) is 28.3 Å². The summed E-state index contributed by atoms with van der Waals surface area (Å²) in [5.74, 6) is -1.63. The molecule has 5 rings (SSSR count). The first-order valence-corrected chi connectivity index (χ1v) is 18.4. The Morgan fingerprint density at radius 1 is 1.17 bits per heavy atom. The molecular weight excluding hydrogens is 669 g/mol. The van der Waals surface area contributed by atoms with Crippen LogP contribution in [0.15, 0.2) is 33.3 Å². The molecule has 2 saturated heterocycles. The molecule has 3 aliphatic heterocycles. The maximum absolute atomic E-state index is 13.6. The van der Waals surface area contributed by atoms with Crippen molar-refractivity contribution in [2.75, 3.05) is 38.7 Å². The van der Waals surface area contributed by atoms with Crippen LogP contribution < -0.4 is 11.1 Å². The predicted octanol–water partition coefficient (Wildman–Crippen LogP) is 3.45. The van der Waals surface area contributed by atoms with Gasteiger partial charge in [0, 0.05) is 23.3 Å². The summed E-state index contributed by atoms with van der Waals surface area (Å²) in [4.78, 5) is 65.3. The Kier molecular flexibility index (Phi) is 12.1. The van der Waals surface area contributed by atoms with Crippen LogP contribution in [-0.4, -0.2) is 106 Å². The molecule has 2 amide bonds. The van der Waals surface area contributed by atoms with Crippen molar-refractivity contribution in [3.8, 4) is 0 Å². The van der Waals surface area contributed by atoms with Crippen LogP contribution in [0.5, 0.6) is 0 Å². The zero-order valence-electron chi connectivity index (χ0n) is 26.5. The van der Waals surface area contributed by atoms with E-state index in [4.69, 9.17) is 24.8 Å². The van der Waals surface area contributed by atoms with Crippen molar-refractivity contribution in [3.63, 3.8) is 0 Å². The number of oxime groups is 1. The van der Waals surface area contributed by atoms with E-state index in [1.807, 2.05) is 11.5 Å². The summed E-state index contributed by atoms with van der Waals surface area (Å²) < 4.78 is 16.2. The van der Waals surface area contributed by atoms with E-state index < -0.39 is 41.6 Å². The Hall–Kier alpha value is -3.28. The molecule has 3 atom stereocenters. The Balaban J connectivity index is 1.29. The number of thiazole rings is 1. The van der Waals surface area contributed by atoms with Crippen LogP contribution >= 0.6 is 34.9 Å². The number of hydrogen-bond acceptors (Lipinski definition) is 15. The molecule has 47 heavy (non-hydrogen) atoms. The lowest BCUT2D eigenvalue weighted by Crippen LogP contribution is -2.71. The topological polar surface area (TPSA) is 175 Å². The number of nitrogens with two attached hydrogens (primary N) is 1. The number of esters is 1. The maximum Gasteiger partial charge on any atom is 0.511 e. The molecule has 3 N–H and O–H groups in total. The molecule has 4 heterocycles. The number of ether oxygens (including phenoxy) is 3. The molecule has 14 nitrogen and oxygen atoms in total. The smallest absolute Gasteiger partial charge is 0.431 e. The molecular formula is C30H40N6O8S3. The molecule has 0 aromatic carbocycles. The highest BCUT2D eigenvalue weighted by atomic mass is 32.2. The van der Waals surface area contributed by atoms with E-state index in [0.717, 1.165) is 69.4 Å². The van der Waals surface area contributed by atoms with Gasteiger partial charge in [0.1, 0.15) is 36.0 Å². The number of nitrogens with zero attached hydrogens (tertiary/aromatic N) is 4. The summed E-state index contributed by atoms with van der Waals surface area (Å²) in [6.45, 7) is 3.46. The molecule has 17 heteroatoms. The number of thioether (sulfide) groups is 2. The monoisotopic (exact) mass is 708 g/mol. The lowest BCUT2D eigenvalue weighted by Gasteiger charge is -2.49. The fourth-order valence-corrected chi connectivity index (χ4v) is 8.54. The molecule has 0 bridgehead atoms. The average Bonchev–Trinajstić information content (AvgIpc) is 3.48. The summed E-state index contributed by atoms with van der Waals surface area (Å²) in [5.41, 5.74) is 6.43. The van der Waals surface area contributed by atoms with Crippen LogP contribution in [0.3, 0.4) is 0 Å². The van der Waals surface area contributed by atoms with E-state index in [1.54, 1.807) is 17.1 Å². The zero-order chi connectivity index (χ0) is 33.5. The number of aromatic nitrogens is 1. The van der Waals surface area contributed by atoms with Crippen LogP contribution in [0.1, 0.15) is 57.6 Å². The second kappa shape index (κ2) is 16.2. The van der Waals surface area contributed by atoms with E-state index in [0.29, 0.717) is 16.6 Å². The minimum atomic E-state index is -1.26. The zero-order valence-corrected chi connectivity index (χ0v) is 29.0. The van der Waals surface area contributed by atoms with Crippen molar-refractivity contribution in [1.82, 2.24) is 20.1 Å². The van der Waals surface area contributed by atoms with Gasteiger partial charge >= 0.3 is 12.1 Å². The minimum Gasteiger partial charge on any atom is -0.431 e. The number of piperidine rings is 1. The third-order valence-electron chi connectivity index (χ3n) is 8.20. The number of rotatable bonds is 11. The summed E-state index contributed by atoms with van der Waals surface area (Å²) in [6.07, 6.45) is 6.16. The Labute approximate surface area is 285 Å². The molecule has 1 saturated carbocycles.